The minimum atomic E-state index is -0.994. The number of hydrogen-bond donors (Lipinski definition) is 2. The van der Waals surface area contributed by atoms with Crippen LogP contribution in [-0.4, -0.2) is 28.9 Å². The average Bonchev–Trinajstić information content (AvgIpc) is 3.30. The molecule has 0 bridgehead atoms. The van der Waals surface area contributed by atoms with Crippen molar-refractivity contribution >= 4 is 27.7 Å². The predicted octanol–water partition coefficient (Wildman–Crippen LogP) is 2.38. The highest BCUT2D eigenvalue weighted by molar-refractivity contribution is 5.95. The molecule has 1 unspecified atom stereocenters. The number of anilines is 1. The lowest BCUT2D eigenvalue weighted by Crippen LogP contribution is -2.28. The van der Waals surface area contributed by atoms with E-state index >= 15 is 4.39 Å². The number of benzene rings is 2. The smallest absolute Gasteiger partial charge is 0.293 e. The van der Waals surface area contributed by atoms with Crippen molar-refractivity contribution in [1.82, 2.24) is 9.72 Å². The summed E-state index contributed by atoms with van der Waals surface area (Å²) in [4.78, 5) is 26.5. The van der Waals surface area contributed by atoms with E-state index in [1.165, 1.54) is 17.0 Å². The van der Waals surface area contributed by atoms with E-state index in [1.807, 2.05) is 0 Å². The molecule has 10 heteroatoms. The van der Waals surface area contributed by atoms with Crippen molar-refractivity contribution in [3.05, 3.63) is 68.4 Å². The van der Waals surface area contributed by atoms with Gasteiger partial charge in [0.25, 0.3) is 5.56 Å². The third-order valence-corrected chi connectivity index (χ3v) is 5.37. The number of pyridine rings is 1. The van der Waals surface area contributed by atoms with Crippen LogP contribution in [-0.2, 0) is 0 Å². The number of halogens is 3. The highest BCUT2D eigenvalue weighted by atomic mass is 19.1. The Morgan fingerprint density at radius 2 is 1.87 bits per heavy atom. The Labute approximate surface area is 166 Å². The molecule has 1 fully saturated rings. The van der Waals surface area contributed by atoms with E-state index in [0.29, 0.717) is 13.0 Å². The molecule has 0 amide bonds. The average molecular weight is 416 g/mol. The Bertz CT molecular complexity index is 1420. The number of nitrogens with zero attached hydrogens (tertiary/aromatic N) is 2. The van der Waals surface area contributed by atoms with Crippen LogP contribution in [0.1, 0.15) is 6.42 Å². The van der Waals surface area contributed by atoms with Gasteiger partial charge in [-0.25, -0.2) is 13.2 Å². The Morgan fingerprint density at radius 1 is 1.13 bits per heavy atom. The molecule has 1 saturated heterocycles. The lowest BCUT2D eigenvalue weighted by atomic mass is 10.1. The van der Waals surface area contributed by atoms with E-state index < -0.39 is 28.4 Å². The number of rotatable bonds is 2. The number of hydrogen-bond acceptors (Lipinski definition) is 5. The molecule has 2 aromatic carbocycles. The second-order valence-corrected chi connectivity index (χ2v) is 7.27. The van der Waals surface area contributed by atoms with Crippen LogP contribution in [0.3, 0.4) is 0 Å². The van der Waals surface area contributed by atoms with Gasteiger partial charge in [-0.15, -0.1) is 0 Å². The van der Waals surface area contributed by atoms with Gasteiger partial charge in [-0.3, -0.25) is 14.2 Å². The van der Waals surface area contributed by atoms with Gasteiger partial charge in [0, 0.05) is 24.8 Å². The van der Waals surface area contributed by atoms with Gasteiger partial charge in [0.2, 0.25) is 11.1 Å². The maximum atomic E-state index is 15.8. The van der Waals surface area contributed by atoms with Gasteiger partial charge in [0.1, 0.15) is 17.3 Å². The summed E-state index contributed by atoms with van der Waals surface area (Å²) in [6.07, 6.45) is 0.563. The summed E-state index contributed by atoms with van der Waals surface area (Å²) in [6, 6.07) is 5.62. The fourth-order valence-corrected chi connectivity index (χ4v) is 3.99. The largest absolute Gasteiger partial charge is 0.365 e. The fourth-order valence-electron chi connectivity index (χ4n) is 3.99. The van der Waals surface area contributed by atoms with Gasteiger partial charge < -0.3 is 15.2 Å². The van der Waals surface area contributed by atoms with Crippen LogP contribution in [0.15, 0.2) is 44.4 Å². The van der Waals surface area contributed by atoms with Crippen LogP contribution in [0.5, 0.6) is 0 Å². The van der Waals surface area contributed by atoms with E-state index in [-0.39, 0.29) is 46.0 Å². The molecule has 0 radical (unpaired) electrons. The number of aromatic amines is 1. The molecule has 3 heterocycles. The van der Waals surface area contributed by atoms with Crippen molar-refractivity contribution in [2.45, 2.75) is 12.5 Å². The van der Waals surface area contributed by atoms with Crippen LogP contribution >= 0.6 is 0 Å². The summed E-state index contributed by atoms with van der Waals surface area (Å²) in [5.74, 6) is -2.46. The Balaban J connectivity index is 1.96. The summed E-state index contributed by atoms with van der Waals surface area (Å²) < 4.78 is 50.5. The summed E-state index contributed by atoms with van der Waals surface area (Å²) in [7, 11) is 0. The van der Waals surface area contributed by atoms with Gasteiger partial charge in [-0.05, 0) is 36.8 Å². The number of H-pyrrole nitrogens is 1. The minimum absolute atomic E-state index is 0.226. The molecule has 1 aliphatic rings. The highest BCUT2D eigenvalue weighted by Crippen LogP contribution is 2.34. The molecular weight excluding hydrogens is 401 g/mol. The first-order valence-electron chi connectivity index (χ1n) is 9.21. The fraction of sp³-hybridized carbons (Fsp3) is 0.200. The zero-order valence-corrected chi connectivity index (χ0v) is 15.4. The van der Waals surface area contributed by atoms with Gasteiger partial charge in [0.05, 0.1) is 10.9 Å². The summed E-state index contributed by atoms with van der Waals surface area (Å²) >= 11 is 0. The second kappa shape index (κ2) is 6.49. The van der Waals surface area contributed by atoms with Crippen LogP contribution in [0, 0.1) is 17.5 Å². The first-order chi connectivity index (χ1) is 14.4. The lowest BCUT2D eigenvalue weighted by molar-refractivity contribution is 0.437. The van der Waals surface area contributed by atoms with Gasteiger partial charge in [0.15, 0.2) is 11.2 Å². The second-order valence-electron chi connectivity index (χ2n) is 7.27. The van der Waals surface area contributed by atoms with Crippen LogP contribution in [0.4, 0.5) is 18.9 Å². The molecule has 1 atom stereocenters. The summed E-state index contributed by atoms with van der Waals surface area (Å²) in [5, 5.41) is 1.33. The Morgan fingerprint density at radius 3 is 2.53 bits per heavy atom. The number of nitrogens with two attached hydrogens (primary N) is 1. The van der Waals surface area contributed by atoms with E-state index in [0.717, 1.165) is 22.8 Å². The predicted molar refractivity (Wildman–Crippen MR) is 105 cm³/mol. The number of nitrogens with one attached hydrogen (secondary N) is 1. The molecular formula is C20H15F3N4O3. The molecule has 30 heavy (non-hydrogen) atoms. The van der Waals surface area contributed by atoms with E-state index in [2.05, 4.69) is 5.16 Å². The Hall–Kier alpha value is -3.53. The van der Waals surface area contributed by atoms with Crippen molar-refractivity contribution in [3.8, 4) is 5.69 Å². The monoisotopic (exact) mass is 416 g/mol. The molecule has 2 aromatic heterocycles. The molecule has 0 saturated carbocycles. The lowest BCUT2D eigenvalue weighted by Gasteiger charge is -2.22. The molecule has 5 rings (SSSR count). The maximum absolute atomic E-state index is 15.8. The molecule has 0 aliphatic carbocycles. The van der Waals surface area contributed by atoms with E-state index in [4.69, 9.17) is 10.3 Å². The maximum Gasteiger partial charge on any atom is 0.293 e. The first kappa shape index (κ1) is 18.5. The number of fused-ring (bicyclic) bond motifs is 2. The van der Waals surface area contributed by atoms with E-state index in [9.17, 15) is 18.4 Å². The van der Waals surface area contributed by atoms with Gasteiger partial charge in [-0.2, -0.15) is 5.16 Å². The molecule has 154 valence electrons. The van der Waals surface area contributed by atoms with Crippen LogP contribution in [0.2, 0.25) is 0 Å². The molecule has 1 aliphatic heterocycles. The van der Waals surface area contributed by atoms with Crippen LogP contribution in [0.25, 0.3) is 27.7 Å². The topological polar surface area (TPSA) is 97.3 Å². The minimum Gasteiger partial charge on any atom is -0.365 e. The van der Waals surface area contributed by atoms with Crippen molar-refractivity contribution in [2.24, 2.45) is 5.73 Å². The van der Waals surface area contributed by atoms with E-state index in [1.54, 1.807) is 0 Å². The third kappa shape index (κ3) is 2.57. The Kier molecular flexibility index (Phi) is 4.00. The summed E-state index contributed by atoms with van der Waals surface area (Å²) in [5.41, 5.74) is 3.56. The molecule has 0 spiro atoms. The van der Waals surface area contributed by atoms with Crippen molar-refractivity contribution in [1.29, 1.82) is 0 Å². The van der Waals surface area contributed by atoms with Crippen molar-refractivity contribution in [2.75, 3.05) is 18.0 Å². The zero-order valence-electron chi connectivity index (χ0n) is 15.4. The first-order valence-corrected chi connectivity index (χ1v) is 9.21. The SMILES string of the molecule is NC1CCN(c2c(F)cc3c(=O)c4c(=O)[nH]oc4n(-c4ccc(F)cc4)c3c2F)C1. The molecule has 3 N–H and O–H groups in total. The quantitative estimate of drug-likeness (QED) is 0.523. The third-order valence-electron chi connectivity index (χ3n) is 5.37. The normalized spacial score (nSPS) is 16.8. The van der Waals surface area contributed by atoms with Crippen molar-refractivity contribution in [3.63, 3.8) is 0 Å². The van der Waals surface area contributed by atoms with Gasteiger partial charge >= 0.3 is 0 Å². The number of aromatic nitrogens is 2. The molecule has 7 nitrogen and oxygen atoms in total. The van der Waals surface area contributed by atoms with Crippen molar-refractivity contribution < 1.29 is 17.7 Å². The van der Waals surface area contributed by atoms with Gasteiger partial charge in [-0.1, -0.05) is 0 Å². The zero-order chi connectivity index (χ0) is 21.2. The standard InChI is InChI=1S/C20H15F3N4O3/c21-9-1-3-11(4-2-9)27-16-12(18(28)14-19(29)25-30-20(14)27)7-13(22)17(15(16)23)26-6-5-10(24)8-26/h1-4,7,10H,5-6,8,24H2,(H,25,29). The highest BCUT2D eigenvalue weighted by Gasteiger charge is 2.29. The summed E-state index contributed by atoms with van der Waals surface area (Å²) in [6.45, 7) is 0.602. The molecule has 4 aromatic rings. The van der Waals surface area contributed by atoms with Crippen LogP contribution < -0.4 is 21.6 Å².